The Morgan fingerprint density at radius 3 is 2.50 bits per heavy atom. The highest BCUT2D eigenvalue weighted by molar-refractivity contribution is 9.10. The van der Waals surface area contributed by atoms with Gasteiger partial charge in [0.05, 0.1) is 12.1 Å². The molecule has 0 radical (unpaired) electrons. The van der Waals surface area contributed by atoms with Crippen LogP contribution in [0.25, 0.3) is 0 Å². The van der Waals surface area contributed by atoms with Gasteiger partial charge < -0.3 is 9.80 Å². The van der Waals surface area contributed by atoms with Crippen LogP contribution in [0.2, 0.25) is 0 Å². The van der Waals surface area contributed by atoms with Crippen LogP contribution in [0, 0.1) is 12.7 Å². The Labute approximate surface area is 148 Å². The minimum Gasteiger partial charge on any atom is -0.351 e. The number of aromatic nitrogens is 2. The van der Waals surface area contributed by atoms with Gasteiger partial charge in [-0.15, -0.1) is 0 Å². The van der Waals surface area contributed by atoms with E-state index in [4.69, 9.17) is 0 Å². The van der Waals surface area contributed by atoms with E-state index in [1.807, 2.05) is 34.1 Å². The maximum atomic E-state index is 14.1. The van der Waals surface area contributed by atoms with E-state index in [2.05, 4.69) is 25.9 Å². The summed E-state index contributed by atoms with van der Waals surface area (Å²) in [5.41, 5.74) is 1.33. The van der Waals surface area contributed by atoms with Crippen LogP contribution in [-0.4, -0.2) is 47.0 Å². The van der Waals surface area contributed by atoms with Gasteiger partial charge >= 0.3 is 0 Å². The quantitative estimate of drug-likeness (QED) is 0.805. The van der Waals surface area contributed by atoms with E-state index >= 15 is 0 Å². The molecule has 1 aliphatic heterocycles. The average molecular weight is 393 g/mol. The van der Waals surface area contributed by atoms with Crippen molar-refractivity contribution in [3.63, 3.8) is 0 Å². The van der Waals surface area contributed by atoms with E-state index in [9.17, 15) is 9.18 Å². The molecule has 2 heterocycles. The molecule has 0 aliphatic carbocycles. The van der Waals surface area contributed by atoms with Crippen molar-refractivity contribution in [2.45, 2.75) is 13.3 Å². The first kappa shape index (κ1) is 16.8. The van der Waals surface area contributed by atoms with E-state index in [-0.39, 0.29) is 11.7 Å². The SMILES string of the molecule is Cc1ncnc(N2CCN(C(=O)Cc3ccc(Br)cc3)CC2)c1F. The summed E-state index contributed by atoms with van der Waals surface area (Å²) in [4.78, 5) is 24.0. The number of aryl methyl sites for hydroxylation is 1. The van der Waals surface area contributed by atoms with E-state index in [1.165, 1.54) is 6.33 Å². The van der Waals surface area contributed by atoms with Crippen molar-refractivity contribution in [3.8, 4) is 0 Å². The minimum atomic E-state index is -0.382. The van der Waals surface area contributed by atoms with Crippen LogP contribution in [0.3, 0.4) is 0 Å². The second-order valence-electron chi connectivity index (χ2n) is 5.77. The number of anilines is 1. The highest BCUT2D eigenvalue weighted by atomic mass is 79.9. The molecule has 1 saturated heterocycles. The van der Waals surface area contributed by atoms with E-state index in [0.29, 0.717) is 44.1 Å². The smallest absolute Gasteiger partial charge is 0.227 e. The molecule has 7 heteroatoms. The van der Waals surface area contributed by atoms with Gasteiger partial charge in [-0.1, -0.05) is 28.1 Å². The summed E-state index contributed by atoms with van der Waals surface area (Å²) < 4.78 is 15.1. The van der Waals surface area contributed by atoms with Crippen LogP contribution in [0.1, 0.15) is 11.3 Å². The van der Waals surface area contributed by atoms with Crippen molar-refractivity contribution in [1.29, 1.82) is 0 Å². The third kappa shape index (κ3) is 3.72. The standard InChI is InChI=1S/C17H18BrFN4O/c1-12-16(19)17(21-11-20-12)23-8-6-22(7-9-23)15(24)10-13-2-4-14(18)5-3-13/h2-5,11H,6-10H2,1H3. The van der Waals surface area contributed by atoms with Gasteiger partial charge in [-0.2, -0.15) is 0 Å². The number of carbonyl (C=O) groups is 1. The van der Waals surface area contributed by atoms with Crippen LogP contribution in [0.15, 0.2) is 35.1 Å². The lowest BCUT2D eigenvalue weighted by Crippen LogP contribution is -2.49. The average Bonchev–Trinajstić information content (AvgIpc) is 2.59. The predicted octanol–water partition coefficient (Wildman–Crippen LogP) is 2.58. The number of hydrogen-bond donors (Lipinski definition) is 0. The van der Waals surface area contributed by atoms with Crippen molar-refractivity contribution in [1.82, 2.24) is 14.9 Å². The van der Waals surface area contributed by atoms with Gasteiger partial charge in [0.2, 0.25) is 5.91 Å². The summed E-state index contributed by atoms with van der Waals surface area (Å²) in [6, 6.07) is 7.75. The first-order chi connectivity index (χ1) is 11.5. The molecule has 0 bridgehead atoms. The Bertz CT molecular complexity index is 730. The Hall–Kier alpha value is -2.02. The third-order valence-corrected chi connectivity index (χ3v) is 4.67. The fraction of sp³-hybridized carbons (Fsp3) is 0.353. The molecule has 1 amide bonds. The summed E-state index contributed by atoms with van der Waals surface area (Å²) in [6.07, 6.45) is 1.76. The molecule has 0 saturated carbocycles. The molecular weight excluding hydrogens is 375 g/mol. The topological polar surface area (TPSA) is 49.3 Å². The fourth-order valence-corrected chi connectivity index (χ4v) is 2.99. The highest BCUT2D eigenvalue weighted by Crippen LogP contribution is 2.19. The van der Waals surface area contributed by atoms with Crippen LogP contribution < -0.4 is 4.90 Å². The molecular formula is C17H18BrFN4O. The molecule has 126 valence electrons. The number of nitrogens with zero attached hydrogens (tertiary/aromatic N) is 4. The molecule has 1 aromatic carbocycles. The van der Waals surface area contributed by atoms with Gasteiger partial charge in [-0.25, -0.2) is 14.4 Å². The van der Waals surface area contributed by atoms with Crippen molar-refractivity contribution in [2.75, 3.05) is 31.1 Å². The van der Waals surface area contributed by atoms with Crippen LogP contribution in [0.4, 0.5) is 10.2 Å². The van der Waals surface area contributed by atoms with E-state index < -0.39 is 0 Å². The van der Waals surface area contributed by atoms with Crippen molar-refractivity contribution in [3.05, 3.63) is 52.1 Å². The first-order valence-corrected chi connectivity index (χ1v) is 8.58. The molecule has 0 spiro atoms. The van der Waals surface area contributed by atoms with Crippen LogP contribution in [0.5, 0.6) is 0 Å². The number of halogens is 2. The van der Waals surface area contributed by atoms with E-state index in [1.54, 1.807) is 6.92 Å². The lowest BCUT2D eigenvalue weighted by Gasteiger charge is -2.35. The summed E-state index contributed by atoms with van der Waals surface area (Å²) >= 11 is 3.39. The van der Waals surface area contributed by atoms with Gasteiger partial charge in [0, 0.05) is 30.7 Å². The summed E-state index contributed by atoms with van der Waals surface area (Å²) in [5, 5.41) is 0. The largest absolute Gasteiger partial charge is 0.351 e. The van der Waals surface area contributed by atoms with Gasteiger partial charge in [0.25, 0.3) is 0 Å². The van der Waals surface area contributed by atoms with E-state index in [0.717, 1.165) is 10.0 Å². The zero-order valence-corrected chi connectivity index (χ0v) is 15.0. The molecule has 1 fully saturated rings. The van der Waals surface area contributed by atoms with Gasteiger partial charge in [0.15, 0.2) is 11.6 Å². The second-order valence-corrected chi connectivity index (χ2v) is 6.68. The molecule has 24 heavy (non-hydrogen) atoms. The van der Waals surface area contributed by atoms with Crippen molar-refractivity contribution >= 4 is 27.7 Å². The van der Waals surface area contributed by atoms with Gasteiger partial charge in [-0.3, -0.25) is 4.79 Å². The molecule has 1 aromatic heterocycles. The molecule has 0 N–H and O–H groups in total. The molecule has 3 rings (SSSR count). The Morgan fingerprint density at radius 2 is 1.83 bits per heavy atom. The lowest BCUT2D eigenvalue weighted by molar-refractivity contribution is -0.130. The third-order valence-electron chi connectivity index (χ3n) is 4.15. The first-order valence-electron chi connectivity index (χ1n) is 7.79. The lowest BCUT2D eigenvalue weighted by atomic mass is 10.1. The summed E-state index contributed by atoms with van der Waals surface area (Å²) in [6.45, 7) is 3.90. The van der Waals surface area contributed by atoms with Crippen molar-refractivity contribution in [2.24, 2.45) is 0 Å². The van der Waals surface area contributed by atoms with Gasteiger partial charge in [0.1, 0.15) is 6.33 Å². The van der Waals surface area contributed by atoms with Crippen LogP contribution in [-0.2, 0) is 11.2 Å². The predicted molar refractivity (Wildman–Crippen MR) is 93.4 cm³/mol. The molecule has 2 aromatic rings. The number of piperazine rings is 1. The minimum absolute atomic E-state index is 0.0938. The summed E-state index contributed by atoms with van der Waals surface area (Å²) in [5.74, 6) is 0.0333. The summed E-state index contributed by atoms with van der Waals surface area (Å²) in [7, 11) is 0. The maximum Gasteiger partial charge on any atom is 0.227 e. The normalized spacial score (nSPS) is 14.8. The highest BCUT2D eigenvalue weighted by Gasteiger charge is 2.24. The molecule has 1 aliphatic rings. The zero-order valence-electron chi connectivity index (χ0n) is 13.4. The maximum absolute atomic E-state index is 14.1. The Morgan fingerprint density at radius 1 is 1.17 bits per heavy atom. The number of benzene rings is 1. The zero-order chi connectivity index (χ0) is 17.1. The molecule has 0 atom stereocenters. The van der Waals surface area contributed by atoms with Crippen LogP contribution >= 0.6 is 15.9 Å². The fourth-order valence-electron chi connectivity index (χ4n) is 2.72. The van der Waals surface area contributed by atoms with Gasteiger partial charge in [-0.05, 0) is 24.6 Å². The Kier molecular flexibility index (Phi) is 5.08. The number of carbonyl (C=O) groups excluding carboxylic acids is 1. The molecule has 5 nitrogen and oxygen atoms in total. The number of amides is 1. The van der Waals surface area contributed by atoms with Crippen molar-refractivity contribution < 1.29 is 9.18 Å². The Balaban J connectivity index is 1.59. The number of rotatable bonds is 3. The monoisotopic (exact) mass is 392 g/mol. The number of hydrogen-bond acceptors (Lipinski definition) is 4. The molecule has 0 unspecified atom stereocenters. The second kappa shape index (κ2) is 7.25.